The van der Waals surface area contributed by atoms with E-state index >= 15 is 8.78 Å². The Morgan fingerprint density at radius 2 is 1.52 bits per heavy atom. The Hall–Kier alpha value is -3.78. The zero-order valence-corrected chi connectivity index (χ0v) is 29.8. The first kappa shape index (κ1) is 36.6. The lowest BCUT2D eigenvalue weighted by Crippen LogP contribution is -2.60. The van der Waals surface area contributed by atoms with Crippen molar-refractivity contribution >= 4 is 93.4 Å². The number of alkyl halides is 2. The quantitative estimate of drug-likeness (QED) is 0.0508. The Bertz CT molecular complexity index is 2170. The van der Waals surface area contributed by atoms with E-state index in [-0.39, 0.29) is 48.7 Å². The number of allylic oxidation sites excluding steroid dienone is 2. The van der Waals surface area contributed by atoms with E-state index in [4.69, 9.17) is 27.9 Å². The zero-order valence-electron chi connectivity index (χ0n) is 26.1. The topological polar surface area (TPSA) is 145 Å². The Morgan fingerprint density at radius 1 is 0.885 bits per heavy atom. The summed E-state index contributed by atoms with van der Waals surface area (Å²) < 4.78 is 79.0. The summed E-state index contributed by atoms with van der Waals surface area (Å²) in [5.41, 5.74) is -1.70. The maximum absolute atomic E-state index is 15.3. The molecule has 10 nitrogen and oxygen atoms in total. The lowest BCUT2D eigenvalue weighted by molar-refractivity contribution is -0.125. The van der Waals surface area contributed by atoms with E-state index in [1.807, 2.05) is 0 Å². The van der Waals surface area contributed by atoms with Crippen LogP contribution in [0.15, 0.2) is 48.0 Å². The van der Waals surface area contributed by atoms with E-state index < -0.39 is 105 Å². The largest absolute Gasteiger partial charge is 0.504 e. The van der Waals surface area contributed by atoms with Crippen LogP contribution in [0.5, 0.6) is 11.5 Å². The standard InChI is InChI=1S/C33H21BCl2F5IN2O8/c1-52-18-8-11(7-17(42)27(18)45)20-14-5-6-15-19(29(47)43(28(15)46)13-4-2-3-12(9-13)34(50)51)16(14)10-32(35)30(48)44(31(49)33(20,32)36)26-24(40)22(38)21(37)23(39)25(26)41/h2-5,7-9,15-16,19-20,45,50-51H,6,10H2,1H3. The number of aromatic hydroxyl groups is 1. The van der Waals surface area contributed by atoms with Crippen molar-refractivity contribution in [1.82, 2.24) is 0 Å². The predicted octanol–water partition coefficient (Wildman–Crippen LogP) is 4.15. The minimum absolute atomic E-state index is 0.00128. The van der Waals surface area contributed by atoms with Gasteiger partial charge in [0.1, 0.15) is 5.69 Å². The van der Waals surface area contributed by atoms with Gasteiger partial charge in [-0.2, -0.15) is 0 Å². The fourth-order valence-electron chi connectivity index (χ4n) is 7.94. The van der Waals surface area contributed by atoms with Crippen LogP contribution >= 0.6 is 45.8 Å². The third-order valence-electron chi connectivity index (χ3n) is 10.3. The molecule has 2 saturated heterocycles. The highest BCUT2D eigenvalue weighted by Gasteiger charge is 2.77. The van der Waals surface area contributed by atoms with E-state index in [1.165, 1.54) is 49.6 Å². The van der Waals surface area contributed by atoms with Gasteiger partial charge in [-0.1, -0.05) is 23.8 Å². The summed E-state index contributed by atoms with van der Waals surface area (Å²) in [5.74, 6) is -22.8. The van der Waals surface area contributed by atoms with Gasteiger partial charge in [0.05, 0.1) is 28.2 Å². The molecule has 6 atom stereocenters. The number of ether oxygens (including phenoxy) is 1. The molecule has 3 fully saturated rings. The summed E-state index contributed by atoms with van der Waals surface area (Å²) in [7, 11) is -0.727. The van der Waals surface area contributed by atoms with Gasteiger partial charge in [-0.3, -0.25) is 24.1 Å². The summed E-state index contributed by atoms with van der Waals surface area (Å²) in [5, 5.41) is 30.0. The van der Waals surface area contributed by atoms with Gasteiger partial charge >= 0.3 is 7.12 Å². The van der Waals surface area contributed by atoms with Gasteiger partial charge in [0.15, 0.2) is 44.5 Å². The second kappa shape index (κ2) is 12.4. The maximum Gasteiger partial charge on any atom is 0.488 e. The molecule has 270 valence electrons. The molecule has 4 amide bonds. The number of rotatable bonds is 5. The number of anilines is 2. The number of imide groups is 2. The molecule has 2 heterocycles. The molecule has 2 aliphatic carbocycles. The van der Waals surface area contributed by atoms with Gasteiger partial charge in [-0.15, -0.1) is 23.2 Å². The molecule has 6 unspecified atom stereocenters. The number of nitrogens with zero attached hydrogens (tertiary/aromatic N) is 2. The molecule has 1 saturated carbocycles. The van der Waals surface area contributed by atoms with Crippen molar-refractivity contribution in [3.8, 4) is 11.5 Å². The van der Waals surface area contributed by atoms with Gasteiger partial charge in [-0.25, -0.2) is 26.9 Å². The number of carbonyl (C=O) groups excluding carboxylic acids is 4. The van der Waals surface area contributed by atoms with E-state index in [2.05, 4.69) is 0 Å². The molecule has 7 rings (SSSR count). The SMILES string of the molecule is COc1cc(C2C3=CCC4C(=O)N(c5cccc(B(O)O)c5)C(=O)C4C3CC3(Cl)C(=O)N(c4c(F)c(F)c(F)c(F)c4F)C(=O)C23Cl)cc(I)c1O. The molecule has 3 aromatic carbocycles. The summed E-state index contributed by atoms with van der Waals surface area (Å²) >= 11 is 16.0. The molecular weight excluding hydrogens is 856 g/mol. The fourth-order valence-corrected chi connectivity index (χ4v) is 9.50. The van der Waals surface area contributed by atoms with Crippen molar-refractivity contribution in [1.29, 1.82) is 0 Å². The highest BCUT2D eigenvalue weighted by molar-refractivity contribution is 14.1. The number of phenols is 1. The van der Waals surface area contributed by atoms with E-state index in [0.29, 0.717) is 0 Å². The third-order valence-corrected chi connectivity index (χ3v) is 12.5. The van der Waals surface area contributed by atoms with Crippen LogP contribution in [0.3, 0.4) is 0 Å². The van der Waals surface area contributed by atoms with Gasteiger partial charge < -0.3 is 19.9 Å². The summed E-state index contributed by atoms with van der Waals surface area (Å²) in [6.07, 6.45) is 0.686. The first-order chi connectivity index (χ1) is 24.4. The van der Waals surface area contributed by atoms with Crippen molar-refractivity contribution in [2.75, 3.05) is 16.9 Å². The van der Waals surface area contributed by atoms with Crippen LogP contribution < -0.4 is 20.0 Å². The Balaban J connectivity index is 1.44. The molecule has 19 heteroatoms. The smallest absolute Gasteiger partial charge is 0.488 e. The van der Waals surface area contributed by atoms with E-state index in [0.717, 1.165) is 4.90 Å². The minimum atomic E-state index is -2.76. The molecule has 0 radical (unpaired) electrons. The molecule has 0 spiro atoms. The number of benzene rings is 3. The van der Waals surface area contributed by atoms with Crippen LogP contribution in [0.1, 0.15) is 24.3 Å². The molecular formula is C33H21BCl2F5IN2O8. The lowest BCUT2D eigenvalue weighted by atomic mass is 9.56. The number of amides is 4. The Labute approximate surface area is 314 Å². The van der Waals surface area contributed by atoms with Crippen molar-refractivity contribution in [2.24, 2.45) is 17.8 Å². The highest BCUT2D eigenvalue weighted by atomic mass is 127. The van der Waals surface area contributed by atoms with Crippen molar-refractivity contribution < 1.29 is 61.0 Å². The Kier molecular flexibility index (Phi) is 8.72. The van der Waals surface area contributed by atoms with Crippen molar-refractivity contribution in [3.05, 3.63) is 86.3 Å². The van der Waals surface area contributed by atoms with E-state index in [9.17, 15) is 47.5 Å². The van der Waals surface area contributed by atoms with Crippen molar-refractivity contribution in [3.63, 3.8) is 0 Å². The van der Waals surface area contributed by atoms with Gasteiger partial charge in [0.25, 0.3) is 11.8 Å². The molecule has 4 aliphatic rings. The van der Waals surface area contributed by atoms with E-state index in [1.54, 1.807) is 22.6 Å². The zero-order chi connectivity index (χ0) is 37.9. The average molecular weight is 877 g/mol. The van der Waals surface area contributed by atoms with Crippen LogP contribution in [0, 0.1) is 50.4 Å². The number of hydrogen-bond acceptors (Lipinski definition) is 8. The number of carbonyl (C=O) groups is 4. The number of fused-ring (bicyclic) bond motifs is 4. The van der Waals surface area contributed by atoms with Gasteiger partial charge in [0, 0.05) is 5.92 Å². The molecule has 2 aliphatic heterocycles. The fraction of sp³-hybridized carbons (Fsp3) is 0.273. The highest BCUT2D eigenvalue weighted by Crippen LogP contribution is 2.66. The normalized spacial score (nSPS) is 28.2. The number of methoxy groups -OCH3 is 1. The van der Waals surface area contributed by atoms with Gasteiger partial charge in [-0.05, 0) is 76.6 Å². The average Bonchev–Trinajstić information content (AvgIpc) is 3.45. The summed E-state index contributed by atoms with van der Waals surface area (Å²) in [6, 6.07) is 7.93. The minimum Gasteiger partial charge on any atom is -0.504 e. The van der Waals surface area contributed by atoms with Crippen molar-refractivity contribution in [2.45, 2.75) is 28.5 Å². The van der Waals surface area contributed by atoms with Crippen LogP contribution in [0.4, 0.5) is 33.3 Å². The van der Waals surface area contributed by atoms with Crippen LogP contribution in [-0.2, 0) is 19.2 Å². The number of halogens is 8. The first-order valence-electron chi connectivity index (χ1n) is 15.3. The lowest BCUT2D eigenvalue weighted by Gasteiger charge is -2.50. The maximum atomic E-state index is 15.3. The van der Waals surface area contributed by atoms with Crippen LogP contribution in [0.25, 0.3) is 0 Å². The van der Waals surface area contributed by atoms with Crippen LogP contribution in [-0.4, -0.2) is 62.8 Å². The first-order valence-corrected chi connectivity index (χ1v) is 17.1. The number of hydrogen-bond donors (Lipinski definition) is 3. The Morgan fingerprint density at radius 3 is 2.13 bits per heavy atom. The second-order valence-corrected chi connectivity index (χ2v) is 15.1. The van der Waals surface area contributed by atoms with Crippen LogP contribution in [0.2, 0.25) is 0 Å². The number of phenolic OH excluding ortho intramolecular Hbond substituents is 1. The molecule has 0 bridgehead atoms. The molecule has 52 heavy (non-hydrogen) atoms. The summed E-state index contributed by atoms with van der Waals surface area (Å²) in [4.78, 5) is 52.0. The van der Waals surface area contributed by atoms with Gasteiger partial charge in [0.2, 0.25) is 17.6 Å². The molecule has 3 aromatic rings. The third kappa shape index (κ3) is 4.74. The second-order valence-electron chi connectivity index (χ2n) is 12.7. The summed E-state index contributed by atoms with van der Waals surface area (Å²) in [6.45, 7) is 0. The monoisotopic (exact) mass is 876 g/mol. The molecule has 0 aromatic heterocycles. The predicted molar refractivity (Wildman–Crippen MR) is 183 cm³/mol. The molecule has 3 N–H and O–H groups in total.